The van der Waals surface area contributed by atoms with Crippen LogP contribution in [-0.2, 0) is 6.54 Å². The topological polar surface area (TPSA) is 41.0 Å². The standard InChI is InChI=1S/C16H16N2O/c1-2-5-14(6-3-1)16(15-7-4-10-19-15)18-12-13-8-9-17-11-13/h1-11,16-18H,12H2. The second-order valence-electron chi connectivity index (χ2n) is 4.46. The molecule has 0 aliphatic heterocycles. The molecule has 2 N–H and O–H groups in total. The lowest BCUT2D eigenvalue weighted by atomic mass is 10.0. The van der Waals surface area contributed by atoms with Gasteiger partial charge in [0, 0.05) is 18.9 Å². The number of aromatic amines is 1. The summed E-state index contributed by atoms with van der Waals surface area (Å²) in [4.78, 5) is 3.06. The largest absolute Gasteiger partial charge is 0.467 e. The van der Waals surface area contributed by atoms with Crippen LogP contribution in [0.5, 0.6) is 0 Å². The van der Waals surface area contributed by atoms with Gasteiger partial charge in [0.15, 0.2) is 0 Å². The van der Waals surface area contributed by atoms with Crippen LogP contribution in [-0.4, -0.2) is 4.98 Å². The first-order chi connectivity index (χ1) is 9.43. The zero-order chi connectivity index (χ0) is 12.9. The fourth-order valence-corrected chi connectivity index (χ4v) is 2.17. The summed E-state index contributed by atoms with van der Waals surface area (Å²) in [6.45, 7) is 0.795. The van der Waals surface area contributed by atoms with Crippen molar-refractivity contribution in [2.45, 2.75) is 12.6 Å². The highest BCUT2D eigenvalue weighted by Gasteiger charge is 2.15. The highest BCUT2D eigenvalue weighted by Crippen LogP contribution is 2.22. The summed E-state index contributed by atoms with van der Waals surface area (Å²) < 4.78 is 5.55. The monoisotopic (exact) mass is 252 g/mol. The minimum absolute atomic E-state index is 0.0751. The van der Waals surface area contributed by atoms with Crippen molar-refractivity contribution in [2.24, 2.45) is 0 Å². The Labute approximate surface area is 112 Å². The van der Waals surface area contributed by atoms with E-state index in [2.05, 4.69) is 28.5 Å². The number of hydrogen-bond acceptors (Lipinski definition) is 2. The van der Waals surface area contributed by atoms with E-state index in [1.807, 2.05) is 42.7 Å². The zero-order valence-electron chi connectivity index (χ0n) is 10.5. The van der Waals surface area contributed by atoms with E-state index in [-0.39, 0.29) is 6.04 Å². The minimum Gasteiger partial charge on any atom is -0.467 e. The lowest BCUT2D eigenvalue weighted by Gasteiger charge is -2.16. The van der Waals surface area contributed by atoms with Gasteiger partial charge in [-0.2, -0.15) is 0 Å². The van der Waals surface area contributed by atoms with Crippen LogP contribution in [0.2, 0.25) is 0 Å². The van der Waals surface area contributed by atoms with Crippen molar-refractivity contribution in [2.75, 3.05) is 0 Å². The normalized spacial score (nSPS) is 12.4. The molecule has 3 rings (SSSR count). The lowest BCUT2D eigenvalue weighted by molar-refractivity contribution is 0.446. The van der Waals surface area contributed by atoms with Crippen molar-refractivity contribution in [3.8, 4) is 0 Å². The molecule has 0 aliphatic carbocycles. The molecule has 3 nitrogen and oxygen atoms in total. The molecule has 2 heterocycles. The van der Waals surface area contributed by atoms with Gasteiger partial charge in [0.05, 0.1) is 12.3 Å². The van der Waals surface area contributed by atoms with Crippen molar-refractivity contribution in [3.63, 3.8) is 0 Å². The molecule has 3 aromatic rings. The maximum Gasteiger partial charge on any atom is 0.125 e. The van der Waals surface area contributed by atoms with Crippen LogP contribution in [0, 0.1) is 0 Å². The third-order valence-electron chi connectivity index (χ3n) is 3.13. The molecular weight excluding hydrogens is 236 g/mol. The summed E-state index contributed by atoms with van der Waals surface area (Å²) in [6, 6.07) is 16.4. The molecule has 0 fully saturated rings. The Morgan fingerprint density at radius 1 is 1.05 bits per heavy atom. The maximum absolute atomic E-state index is 5.55. The second kappa shape index (κ2) is 5.59. The molecule has 0 spiro atoms. The Hall–Kier alpha value is -2.26. The molecule has 3 heteroatoms. The maximum atomic E-state index is 5.55. The van der Waals surface area contributed by atoms with Crippen LogP contribution in [0.4, 0.5) is 0 Å². The molecule has 2 aromatic heterocycles. The van der Waals surface area contributed by atoms with E-state index < -0.39 is 0 Å². The number of aromatic nitrogens is 1. The second-order valence-corrected chi connectivity index (χ2v) is 4.46. The quantitative estimate of drug-likeness (QED) is 0.729. The average Bonchev–Trinajstić information content (AvgIpc) is 3.13. The average molecular weight is 252 g/mol. The first-order valence-electron chi connectivity index (χ1n) is 6.37. The minimum atomic E-state index is 0.0751. The van der Waals surface area contributed by atoms with Crippen LogP contribution in [0.3, 0.4) is 0 Å². The predicted octanol–water partition coefficient (Wildman–Crippen LogP) is 3.49. The van der Waals surface area contributed by atoms with Crippen LogP contribution < -0.4 is 5.32 Å². The van der Waals surface area contributed by atoms with E-state index in [4.69, 9.17) is 4.42 Å². The predicted molar refractivity (Wildman–Crippen MR) is 74.6 cm³/mol. The van der Waals surface area contributed by atoms with Gasteiger partial charge < -0.3 is 9.40 Å². The van der Waals surface area contributed by atoms with Gasteiger partial charge in [0.2, 0.25) is 0 Å². The molecule has 19 heavy (non-hydrogen) atoms. The van der Waals surface area contributed by atoms with E-state index in [1.54, 1.807) is 6.26 Å². The molecule has 1 aromatic carbocycles. The number of nitrogens with one attached hydrogen (secondary N) is 2. The Morgan fingerprint density at radius 2 is 1.95 bits per heavy atom. The smallest absolute Gasteiger partial charge is 0.125 e. The first kappa shape index (κ1) is 11.8. The van der Waals surface area contributed by atoms with Crippen LogP contribution in [0.1, 0.15) is 22.9 Å². The van der Waals surface area contributed by atoms with Crippen molar-refractivity contribution in [1.82, 2.24) is 10.3 Å². The summed E-state index contributed by atoms with van der Waals surface area (Å²) in [5, 5.41) is 3.53. The molecule has 0 saturated carbocycles. The Morgan fingerprint density at radius 3 is 2.63 bits per heavy atom. The molecule has 0 bridgehead atoms. The molecule has 0 aliphatic rings. The highest BCUT2D eigenvalue weighted by atomic mass is 16.3. The van der Waals surface area contributed by atoms with E-state index in [1.165, 1.54) is 11.1 Å². The Balaban J connectivity index is 1.81. The van der Waals surface area contributed by atoms with Crippen molar-refractivity contribution >= 4 is 0 Å². The van der Waals surface area contributed by atoms with Gasteiger partial charge in [-0.3, -0.25) is 5.32 Å². The van der Waals surface area contributed by atoms with E-state index in [0.717, 1.165) is 12.3 Å². The number of hydrogen-bond donors (Lipinski definition) is 2. The third-order valence-corrected chi connectivity index (χ3v) is 3.13. The molecule has 1 atom stereocenters. The SMILES string of the molecule is c1ccc(C(NCc2cc[nH]c2)c2ccco2)cc1. The Bertz CT molecular complexity index is 585. The number of benzene rings is 1. The van der Waals surface area contributed by atoms with Gasteiger partial charge in [-0.15, -0.1) is 0 Å². The first-order valence-corrected chi connectivity index (χ1v) is 6.37. The number of H-pyrrole nitrogens is 1. The van der Waals surface area contributed by atoms with Crippen LogP contribution >= 0.6 is 0 Å². The van der Waals surface area contributed by atoms with E-state index in [9.17, 15) is 0 Å². The molecule has 96 valence electrons. The van der Waals surface area contributed by atoms with Crippen molar-refractivity contribution in [1.29, 1.82) is 0 Å². The summed E-state index contributed by atoms with van der Waals surface area (Å²) in [6.07, 6.45) is 5.64. The van der Waals surface area contributed by atoms with Gasteiger partial charge in [-0.05, 0) is 29.3 Å². The summed E-state index contributed by atoms with van der Waals surface area (Å²) >= 11 is 0. The van der Waals surface area contributed by atoms with Crippen LogP contribution in [0.25, 0.3) is 0 Å². The zero-order valence-corrected chi connectivity index (χ0v) is 10.5. The van der Waals surface area contributed by atoms with Gasteiger partial charge in [0.1, 0.15) is 5.76 Å². The van der Waals surface area contributed by atoms with Gasteiger partial charge in [0.25, 0.3) is 0 Å². The fraction of sp³-hybridized carbons (Fsp3) is 0.125. The van der Waals surface area contributed by atoms with Crippen molar-refractivity contribution in [3.05, 3.63) is 84.1 Å². The molecule has 1 unspecified atom stereocenters. The summed E-state index contributed by atoms with van der Waals surface area (Å²) in [7, 11) is 0. The number of rotatable bonds is 5. The van der Waals surface area contributed by atoms with Gasteiger partial charge in [-0.1, -0.05) is 30.3 Å². The van der Waals surface area contributed by atoms with Crippen LogP contribution in [0.15, 0.2) is 71.6 Å². The lowest BCUT2D eigenvalue weighted by Crippen LogP contribution is -2.21. The third kappa shape index (κ3) is 2.77. The molecule has 0 radical (unpaired) electrons. The number of furan rings is 1. The van der Waals surface area contributed by atoms with Gasteiger partial charge in [-0.25, -0.2) is 0 Å². The Kier molecular flexibility index (Phi) is 3.47. The molecule has 0 saturated heterocycles. The summed E-state index contributed by atoms with van der Waals surface area (Å²) in [5.74, 6) is 0.932. The van der Waals surface area contributed by atoms with E-state index in [0.29, 0.717) is 0 Å². The summed E-state index contributed by atoms with van der Waals surface area (Å²) in [5.41, 5.74) is 2.43. The van der Waals surface area contributed by atoms with E-state index >= 15 is 0 Å². The fourth-order valence-electron chi connectivity index (χ4n) is 2.17. The van der Waals surface area contributed by atoms with Gasteiger partial charge >= 0.3 is 0 Å². The van der Waals surface area contributed by atoms with Crippen molar-refractivity contribution < 1.29 is 4.42 Å². The molecular formula is C16H16N2O. The highest BCUT2D eigenvalue weighted by molar-refractivity contribution is 5.26. The molecule has 0 amide bonds.